The first-order chi connectivity index (χ1) is 18.9. The number of H-pyrrole nitrogens is 1. The van der Waals surface area contributed by atoms with E-state index in [1.54, 1.807) is 42.9 Å². The zero-order chi connectivity index (χ0) is 27.5. The van der Waals surface area contributed by atoms with Gasteiger partial charge in [0.15, 0.2) is 23.8 Å². The predicted molar refractivity (Wildman–Crippen MR) is 153 cm³/mol. The number of nitrogens with zero attached hydrogens (tertiary/aromatic N) is 4. The summed E-state index contributed by atoms with van der Waals surface area (Å²) in [5, 5.41) is 9.68. The molecule has 1 aromatic carbocycles. The largest absolute Gasteiger partial charge is 0.357 e. The van der Waals surface area contributed by atoms with E-state index in [1.807, 2.05) is 6.92 Å². The lowest BCUT2D eigenvalue weighted by Crippen LogP contribution is -2.52. The van der Waals surface area contributed by atoms with Crippen LogP contribution in [-0.4, -0.2) is 83.7 Å². The zero-order valence-electron chi connectivity index (χ0n) is 22.1. The molecule has 2 unspecified atom stereocenters. The smallest absolute Gasteiger partial charge is 0.242 e. The highest BCUT2D eigenvalue weighted by Crippen LogP contribution is 2.31. The van der Waals surface area contributed by atoms with Crippen LogP contribution in [0.25, 0.3) is 16.6 Å². The summed E-state index contributed by atoms with van der Waals surface area (Å²) in [5.41, 5.74) is 1.59. The highest BCUT2D eigenvalue weighted by molar-refractivity contribution is 7.98. The second-order valence-electron chi connectivity index (χ2n) is 9.55. The van der Waals surface area contributed by atoms with Crippen LogP contribution >= 0.6 is 11.8 Å². The van der Waals surface area contributed by atoms with Crippen LogP contribution in [0.15, 0.2) is 52.4 Å². The molecule has 2 aliphatic rings. The first-order valence-corrected chi connectivity index (χ1v) is 14.1. The van der Waals surface area contributed by atoms with Gasteiger partial charge in [0.05, 0.1) is 29.2 Å². The number of carbonyl (C=O) groups is 1. The molecule has 2 aliphatic heterocycles. The molecule has 9 nitrogen and oxygen atoms in total. The van der Waals surface area contributed by atoms with Crippen molar-refractivity contribution in [3.63, 3.8) is 0 Å². The van der Waals surface area contributed by atoms with Crippen molar-refractivity contribution in [2.24, 2.45) is 4.99 Å². The number of hydrogen-bond donors (Lipinski definition) is 4. The van der Waals surface area contributed by atoms with Gasteiger partial charge in [-0.25, -0.2) is 18.8 Å². The molecule has 5 rings (SSSR count). The van der Waals surface area contributed by atoms with Gasteiger partial charge < -0.3 is 25.8 Å². The monoisotopic (exact) mass is 554 g/mol. The summed E-state index contributed by atoms with van der Waals surface area (Å²) >= 11 is 1.30. The zero-order valence-corrected chi connectivity index (χ0v) is 22.9. The van der Waals surface area contributed by atoms with Gasteiger partial charge in [-0.1, -0.05) is 13.0 Å². The maximum Gasteiger partial charge on any atom is 0.242 e. The Kier molecular flexibility index (Phi) is 8.15. The van der Waals surface area contributed by atoms with Crippen LogP contribution in [0.4, 0.5) is 20.3 Å². The maximum atomic E-state index is 15.0. The van der Waals surface area contributed by atoms with E-state index in [0.717, 1.165) is 32.4 Å². The number of anilines is 2. The number of benzene rings is 1. The van der Waals surface area contributed by atoms with E-state index in [-0.39, 0.29) is 29.2 Å². The molecule has 206 valence electrons. The SMILES string of the molecule is CCC(C(=O)Nc1nccc2c(C3=C(F)C=NC(Nc4cccc(SC)c4F)N3)c[nH]c12)N1CCN(C)CC1. The number of thioether (sulfide) groups is 1. The molecule has 0 saturated carbocycles. The number of piperazine rings is 1. The van der Waals surface area contributed by atoms with Crippen molar-refractivity contribution in [2.45, 2.75) is 30.6 Å². The normalized spacial score (nSPS) is 19.3. The van der Waals surface area contributed by atoms with Crippen LogP contribution in [0, 0.1) is 5.82 Å². The molecular weight excluding hydrogens is 522 g/mol. The summed E-state index contributed by atoms with van der Waals surface area (Å²) < 4.78 is 29.7. The van der Waals surface area contributed by atoms with Crippen molar-refractivity contribution >= 4 is 52.0 Å². The molecule has 2 aromatic heterocycles. The van der Waals surface area contributed by atoms with Crippen LogP contribution < -0.4 is 16.0 Å². The third kappa shape index (κ3) is 5.63. The van der Waals surface area contributed by atoms with Crippen molar-refractivity contribution in [2.75, 3.05) is 50.1 Å². The number of allylic oxidation sites excluding steroid dienone is 1. The second kappa shape index (κ2) is 11.7. The van der Waals surface area contributed by atoms with Crippen LogP contribution in [0.3, 0.4) is 0 Å². The Balaban J connectivity index is 1.36. The molecule has 0 radical (unpaired) electrons. The Hall–Kier alpha value is -3.48. The molecule has 0 aliphatic carbocycles. The minimum Gasteiger partial charge on any atom is -0.357 e. The van der Waals surface area contributed by atoms with Crippen molar-refractivity contribution in [1.29, 1.82) is 0 Å². The standard InChI is InChI=1S/C27H32F2N8OS/c1-4-20(37-12-10-36(2)11-13-37)26(38)35-25-24-16(8-9-30-25)17(14-31-24)23-18(28)15-32-27(34-23)33-19-6-5-7-21(39-3)22(19)29/h5-9,14-15,20,27,31,33-34H,4,10-13H2,1-3H3,(H,30,35,38). The number of pyridine rings is 1. The van der Waals surface area contributed by atoms with Gasteiger partial charge >= 0.3 is 0 Å². The quantitative estimate of drug-likeness (QED) is 0.311. The Morgan fingerprint density at radius 3 is 2.77 bits per heavy atom. The Labute approximate surface area is 230 Å². The highest BCUT2D eigenvalue weighted by Gasteiger charge is 2.28. The molecule has 12 heteroatoms. The average molecular weight is 555 g/mol. The van der Waals surface area contributed by atoms with E-state index in [1.165, 1.54) is 11.8 Å². The Morgan fingerprint density at radius 1 is 1.23 bits per heavy atom. The number of likely N-dealkylation sites (N-methyl/N-ethyl adjacent to an activating group) is 1. The third-order valence-electron chi connectivity index (χ3n) is 7.11. The summed E-state index contributed by atoms with van der Waals surface area (Å²) in [6, 6.07) is 6.54. The third-order valence-corrected chi connectivity index (χ3v) is 7.87. The number of fused-ring (bicyclic) bond motifs is 1. The van der Waals surface area contributed by atoms with Gasteiger partial charge in [0, 0.05) is 54.4 Å². The minimum atomic E-state index is -0.786. The number of carbonyl (C=O) groups excluding carboxylic acids is 1. The second-order valence-corrected chi connectivity index (χ2v) is 10.4. The number of aliphatic imine (C=N–C) groups is 1. The summed E-state index contributed by atoms with van der Waals surface area (Å²) in [7, 11) is 2.08. The molecule has 1 amide bonds. The lowest BCUT2D eigenvalue weighted by atomic mass is 10.1. The molecule has 3 aromatic rings. The summed E-state index contributed by atoms with van der Waals surface area (Å²) in [5.74, 6) is -0.687. The molecule has 1 fully saturated rings. The van der Waals surface area contributed by atoms with Gasteiger partial charge in [-0.2, -0.15) is 0 Å². The first-order valence-electron chi connectivity index (χ1n) is 12.9. The Morgan fingerprint density at radius 2 is 2.03 bits per heavy atom. The fraction of sp³-hybridized carbons (Fsp3) is 0.370. The van der Waals surface area contributed by atoms with Crippen LogP contribution in [0.1, 0.15) is 18.9 Å². The van der Waals surface area contributed by atoms with E-state index in [4.69, 9.17) is 0 Å². The summed E-state index contributed by atoms with van der Waals surface area (Å²) in [6.45, 7) is 5.49. The fourth-order valence-electron chi connectivity index (χ4n) is 4.95. The molecular formula is C27H32F2N8OS. The summed E-state index contributed by atoms with van der Waals surface area (Å²) in [4.78, 5) is 29.9. The highest BCUT2D eigenvalue weighted by atomic mass is 32.2. The summed E-state index contributed by atoms with van der Waals surface area (Å²) in [6.07, 6.45) is 6.05. The lowest BCUT2D eigenvalue weighted by Gasteiger charge is -2.36. The topological polar surface area (TPSA) is 101 Å². The van der Waals surface area contributed by atoms with E-state index < -0.39 is 12.1 Å². The number of aromatic amines is 1. The van der Waals surface area contributed by atoms with Crippen molar-refractivity contribution in [3.05, 3.63) is 53.9 Å². The molecule has 39 heavy (non-hydrogen) atoms. The van der Waals surface area contributed by atoms with Crippen LogP contribution in [0.5, 0.6) is 0 Å². The van der Waals surface area contributed by atoms with Crippen LogP contribution in [-0.2, 0) is 4.79 Å². The molecule has 4 heterocycles. The van der Waals surface area contributed by atoms with Crippen molar-refractivity contribution < 1.29 is 13.6 Å². The number of aromatic nitrogens is 2. The average Bonchev–Trinajstić information content (AvgIpc) is 3.37. The van der Waals surface area contributed by atoms with Gasteiger partial charge in [0.1, 0.15) is 0 Å². The van der Waals surface area contributed by atoms with Gasteiger partial charge in [-0.3, -0.25) is 9.69 Å². The Bertz CT molecular complexity index is 1420. The van der Waals surface area contributed by atoms with E-state index in [0.29, 0.717) is 33.6 Å². The van der Waals surface area contributed by atoms with Gasteiger partial charge in [0.2, 0.25) is 5.91 Å². The lowest BCUT2D eigenvalue weighted by molar-refractivity contribution is -0.122. The van der Waals surface area contributed by atoms with E-state index >= 15 is 0 Å². The van der Waals surface area contributed by atoms with Crippen molar-refractivity contribution in [3.8, 4) is 0 Å². The molecule has 0 spiro atoms. The minimum absolute atomic E-state index is 0.120. The van der Waals surface area contributed by atoms with Gasteiger partial charge in [-0.15, -0.1) is 11.8 Å². The number of amides is 1. The van der Waals surface area contributed by atoms with E-state index in [9.17, 15) is 13.6 Å². The number of nitrogens with one attached hydrogen (secondary N) is 4. The first kappa shape index (κ1) is 27.1. The van der Waals surface area contributed by atoms with Gasteiger partial charge in [0.25, 0.3) is 0 Å². The number of hydrogen-bond acceptors (Lipinski definition) is 8. The number of halogens is 2. The van der Waals surface area contributed by atoms with Gasteiger partial charge in [-0.05, 0) is 37.9 Å². The van der Waals surface area contributed by atoms with Crippen molar-refractivity contribution in [1.82, 2.24) is 25.1 Å². The fourth-order valence-corrected chi connectivity index (χ4v) is 5.46. The van der Waals surface area contributed by atoms with E-state index in [2.05, 4.69) is 47.8 Å². The molecule has 1 saturated heterocycles. The maximum absolute atomic E-state index is 15.0. The molecule has 4 N–H and O–H groups in total. The number of rotatable bonds is 8. The predicted octanol–water partition coefficient (Wildman–Crippen LogP) is 4.10. The van der Waals surface area contributed by atoms with Crippen LogP contribution in [0.2, 0.25) is 0 Å². The molecule has 2 atom stereocenters. The molecule has 0 bridgehead atoms.